The summed E-state index contributed by atoms with van der Waals surface area (Å²) in [6, 6.07) is 12.4. The molecule has 0 aliphatic carbocycles. The van der Waals surface area contributed by atoms with Crippen LogP contribution in [0.2, 0.25) is 0 Å². The molecule has 0 saturated carbocycles. The molecule has 0 radical (unpaired) electrons. The third-order valence-electron chi connectivity index (χ3n) is 4.96. The average molecular weight is 399 g/mol. The van der Waals surface area contributed by atoms with Gasteiger partial charge in [-0.1, -0.05) is 36.4 Å². The van der Waals surface area contributed by atoms with Gasteiger partial charge in [0.1, 0.15) is 6.04 Å². The van der Waals surface area contributed by atoms with Crippen molar-refractivity contribution in [3.8, 4) is 0 Å². The maximum atomic E-state index is 13.0. The smallest absolute Gasteiger partial charge is 0.249 e. The fourth-order valence-corrected chi connectivity index (χ4v) is 4.13. The van der Waals surface area contributed by atoms with Crippen LogP contribution in [-0.4, -0.2) is 35.6 Å². The predicted octanol–water partition coefficient (Wildman–Crippen LogP) is 3.97. The van der Waals surface area contributed by atoms with E-state index in [9.17, 15) is 14.4 Å². The molecule has 1 saturated heterocycles. The summed E-state index contributed by atoms with van der Waals surface area (Å²) in [5.41, 5.74) is 0.793. The predicted molar refractivity (Wildman–Crippen MR) is 110 cm³/mol. The minimum atomic E-state index is -0.667. The zero-order valence-corrected chi connectivity index (χ0v) is 16.7. The number of Topliss-reactive ketones (excluding diaryl/α,β-unsaturated/α-hetero) is 1. The first kappa shape index (κ1) is 20.3. The molecule has 1 atom stereocenters. The second kappa shape index (κ2) is 10.2. The molecule has 2 aromatic rings. The van der Waals surface area contributed by atoms with Crippen molar-refractivity contribution < 1.29 is 14.4 Å². The van der Waals surface area contributed by atoms with Gasteiger partial charge < -0.3 is 10.2 Å². The minimum Gasteiger partial charge on any atom is -0.341 e. The molecular weight excluding hydrogens is 372 g/mol. The summed E-state index contributed by atoms with van der Waals surface area (Å²) in [5.74, 6) is -0.182. The van der Waals surface area contributed by atoms with Gasteiger partial charge in [0.05, 0.1) is 4.88 Å². The number of likely N-dealkylation sites (tertiary alicyclic amines) is 1. The van der Waals surface area contributed by atoms with Gasteiger partial charge in [0, 0.05) is 25.9 Å². The Hall–Kier alpha value is -2.47. The van der Waals surface area contributed by atoms with Crippen molar-refractivity contribution in [1.82, 2.24) is 10.2 Å². The number of hydrogen-bond acceptors (Lipinski definition) is 4. The fourth-order valence-electron chi connectivity index (χ4n) is 3.43. The minimum absolute atomic E-state index is 0.0473. The van der Waals surface area contributed by atoms with Crippen molar-refractivity contribution >= 4 is 28.9 Å². The molecule has 1 aliphatic rings. The van der Waals surface area contributed by atoms with E-state index >= 15 is 0 Å². The van der Waals surface area contributed by atoms with Gasteiger partial charge in [-0.2, -0.15) is 0 Å². The van der Waals surface area contributed by atoms with Crippen LogP contribution in [-0.2, 0) is 9.59 Å². The molecule has 1 aromatic heterocycles. The van der Waals surface area contributed by atoms with Crippen LogP contribution in [0.25, 0.3) is 0 Å². The topological polar surface area (TPSA) is 66.5 Å². The molecule has 1 fully saturated rings. The molecule has 0 bridgehead atoms. The Bertz CT molecular complexity index is 783. The molecule has 28 heavy (non-hydrogen) atoms. The van der Waals surface area contributed by atoms with E-state index in [2.05, 4.69) is 5.32 Å². The van der Waals surface area contributed by atoms with Crippen LogP contribution in [0.4, 0.5) is 0 Å². The van der Waals surface area contributed by atoms with Gasteiger partial charge >= 0.3 is 0 Å². The molecule has 1 aromatic carbocycles. The van der Waals surface area contributed by atoms with Gasteiger partial charge in [-0.05, 0) is 42.7 Å². The number of ketones is 1. The Kier molecular flexibility index (Phi) is 7.37. The number of rotatable bonds is 8. The van der Waals surface area contributed by atoms with Gasteiger partial charge in [-0.25, -0.2) is 0 Å². The van der Waals surface area contributed by atoms with Crippen molar-refractivity contribution in [2.75, 3.05) is 13.1 Å². The Balaban J connectivity index is 1.58. The van der Waals surface area contributed by atoms with E-state index in [0.717, 1.165) is 42.8 Å². The molecule has 1 aliphatic heterocycles. The number of thiophene rings is 1. The number of carbonyl (C=O) groups is 3. The first-order valence-electron chi connectivity index (χ1n) is 9.85. The molecule has 0 unspecified atom stereocenters. The number of amides is 2. The summed E-state index contributed by atoms with van der Waals surface area (Å²) in [4.78, 5) is 40.2. The first-order chi connectivity index (χ1) is 13.6. The molecule has 3 rings (SSSR count). The lowest BCUT2D eigenvalue weighted by Gasteiger charge is -2.31. The number of piperidine rings is 1. The summed E-state index contributed by atoms with van der Waals surface area (Å²) >= 11 is 1.42. The number of nitrogens with zero attached hydrogens (tertiary/aromatic N) is 1. The Labute approximate surface area is 169 Å². The van der Waals surface area contributed by atoms with Crippen molar-refractivity contribution in [1.29, 1.82) is 0 Å². The van der Waals surface area contributed by atoms with Crippen LogP contribution in [0.15, 0.2) is 47.8 Å². The second-order valence-electron chi connectivity index (χ2n) is 7.05. The molecule has 0 spiro atoms. The van der Waals surface area contributed by atoms with Crippen LogP contribution < -0.4 is 5.32 Å². The van der Waals surface area contributed by atoms with Crippen LogP contribution in [0.3, 0.4) is 0 Å². The van der Waals surface area contributed by atoms with E-state index in [1.54, 1.807) is 6.07 Å². The van der Waals surface area contributed by atoms with E-state index < -0.39 is 6.04 Å². The van der Waals surface area contributed by atoms with Crippen molar-refractivity contribution in [2.24, 2.45) is 0 Å². The average Bonchev–Trinajstić information content (AvgIpc) is 3.28. The lowest BCUT2D eigenvalue weighted by molar-refractivity contribution is -0.137. The Morgan fingerprint density at radius 3 is 2.39 bits per heavy atom. The van der Waals surface area contributed by atoms with E-state index in [4.69, 9.17) is 0 Å². The highest BCUT2D eigenvalue weighted by Gasteiger charge is 2.28. The van der Waals surface area contributed by atoms with E-state index in [-0.39, 0.29) is 24.0 Å². The lowest BCUT2D eigenvalue weighted by atomic mass is 10.0. The van der Waals surface area contributed by atoms with Crippen molar-refractivity contribution in [2.45, 2.75) is 44.6 Å². The normalized spacial score (nSPS) is 15.1. The Morgan fingerprint density at radius 2 is 1.71 bits per heavy atom. The lowest BCUT2D eigenvalue weighted by Crippen LogP contribution is -2.44. The van der Waals surface area contributed by atoms with E-state index in [0.29, 0.717) is 12.8 Å². The van der Waals surface area contributed by atoms with Crippen molar-refractivity contribution in [3.63, 3.8) is 0 Å². The monoisotopic (exact) mass is 398 g/mol. The molecule has 6 heteroatoms. The Morgan fingerprint density at radius 1 is 0.964 bits per heavy atom. The highest BCUT2D eigenvalue weighted by Crippen LogP contribution is 2.20. The standard InChI is InChI=1S/C22H26N2O3S/c25-18(19-12-8-16-28-19)11-7-13-20(26)23-21(17-9-3-1-4-10-17)22(27)24-14-5-2-6-15-24/h1,3-4,8-10,12,16,21H,2,5-7,11,13-15H2,(H,23,26)/t21-/m0/s1. The molecule has 2 amide bonds. The highest BCUT2D eigenvalue weighted by molar-refractivity contribution is 7.12. The number of hydrogen-bond donors (Lipinski definition) is 1. The zero-order valence-electron chi connectivity index (χ0n) is 15.9. The summed E-state index contributed by atoms with van der Waals surface area (Å²) in [6.45, 7) is 1.49. The van der Waals surface area contributed by atoms with Crippen LogP contribution >= 0.6 is 11.3 Å². The first-order valence-corrected chi connectivity index (χ1v) is 10.7. The maximum absolute atomic E-state index is 13.0. The number of benzene rings is 1. The summed E-state index contributed by atoms with van der Waals surface area (Å²) in [7, 11) is 0. The van der Waals surface area contributed by atoms with Gasteiger partial charge in [0.25, 0.3) is 0 Å². The summed E-state index contributed by atoms with van der Waals surface area (Å²) < 4.78 is 0. The third-order valence-corrected chi connectivity index (χ3v) is 5.87. The molecule has 5 nitrogen and oxygen atoms in total. The summed E-state index contributed by atoms with van der Waals surface area (Å²) in [5, 5.41) is 4.77. The van der Waals surface area contributed by atoms with Gasteiger partial charge in [-0.3, -0.25) is 14.4 Å². The van der Waals surface area contributed by atoms with Gasteiger partial charge in [0.2, 0.25) is 11.8 Å². The van der Waals surface area contributed by atoms with Gasteiger partial charge in [0.15, 0.2) is 5.78 Å². The van der Waals surface area contributed by atoms with Crippen LogP contribution in [0, 0.1) is 0 Å². The highest BCUT2D eigenvalue weighted by atomic mass is 32.1. The largest absolute Gasteiger partial charge is 0.341 e. The quantitative estimate of drug-likeness (QED) is 0.684. The molecule has 1 N–H and O–H groups in total. The molecule has 148 valence electrons. The third kappa shape index (κ3) is 5.52. The van der Waals surface area contributed by atoms with E-state index in [1.165, 1.54) is 11.3 Å². The van der Waals surface area contributed by atoms with Gasteiger partial charge in [-0.15, -0.1) is 11.3 Å². The van der Waals surface area contributed by atoms with Crippen LogP contribution in [0.1, 0.15) is 59.8 Å². The fraction of sp³-hybridized carbons (Fsp3) is 0.409. The molecular formula is C22H26N2O3S. The van der Waals surface area contributed by atoms with Crippen LogP contribution in [0.5, 0.6) is 0 Å². The molecule has 2 heterocycles. The SMILES string of the molecule is O=C(CCCC(=O)c1cccs1)N[C@H](C(=O)N1CCCCC1)c1ccccc1. The maximum Gasteiger partial charge on any atom is 0.249 e. The number of nitrogens with one attached hydrogen (secondary N) is 1. The van der Waals surface area contributed by atoms with E-state index in [1.807, 2.05) is 46.7 Å². The van der Waals surface area contributed by atoms with Crippen molar-refractivity contribution in [3.05, 3.63) is 58.3 Å². The zero-order chi connectivity index (χ0) is 19.8. The number of carbonyl (C=O) groups excluding carboxylic acids is 3. The second-order valence-corrected chi connectivity index (χ2v) is 8.00. The summed E-state index contributed by atoms with van der Waals surface area (Å²) in [6.07, 6.45) is 4.20.